The summed E-state index contributed by atoms with van der Waals surface area (Å²) in [5.74, 6) is -1.43. The van der Waals surface area contributed by atoms with Crippen LogP contribution in [-0.4, -0.2) is 54.8 Å². The number of aromatic nitrogens is 3. The van der Waals surface area contributed by atoms with Crippen LogP contribution in [0.1, 0.15) is 37.1 Å². The molecule has 10 nitrogen and oxygen atoms in total. The maximum absolute atomic E-state index is 13.7. The van der Waals surface area contributed by atoms with Gasteiger partial charge in [-0.1, -0.05) is 52.4 Å². The second-order valence-electron chi connectivity index (χ2n) is 9.63. The first kappa shape index (κ1) is 28.6. The largest absolute Gasteiger partial charge is 0.396 e. The van der Waals surface area contributed by atoms with E-state index in [-0.39, 0.29) is 13.2 Å². The van der Waals surface area contributed by atoms with Gasteiger partial charge in [-0.25, -0.2) is 0 Å². The fourth-order valence-corrected chi connectivity index (χ4v) is 4.88. The summed E-state index contributed by atoms with van der Waals surface area (Å²) in [4.78, 5) is 27.1. The third-order valence-corrected chi connectivity index (χ3v) is 7.23. The second kappa shape index (κ2) is 12.2. The molecule has 0 radical (unpaired) electrons. The number of anilines is 2. The Kier molecular flexibility index (Phi) is 8.96. The molecule has 0 spiro atoms. The Bertz CT molecular complexity index is 1360. The number of allylic oxidation sites excluding steroid dienone is 1. The molecule has 1 aliphatic heterocycles. The van der Waals surface area contributed by atoms with Crippen LogP contribution >= 0.6 is 15.9 Å². The van der Waals surface area contributed by atoms with Crippen molar-refractivity contribution < 1.29 is 24.9 Å². The molecular formula is C28H32BrN5O5. The zero-order valence-corrected chi connectivity index (χ0v) is 23.4. The van der Waals surface area contributed by atoms with Crippen molar-refractivity contribution in [3.05, 3.63) is 82.1 Å². The number of amides is 2. The van der Waals surface area contributed by atoms with E-state index >= 15 is 0 Å². The molecule has 0 saturated carbocycles. The average Bonchev–Trinajstić information content (AvgIpc) is 3.44. The van der Waals surface area contributed by atoms with Crippen molar-refractivity contribution in [2.45, 2.75) is 51.5 Å². The Morgan fingerprint density at radius 2 is 1.95 bits per heavy atom. The first-order valence-electron chi connectivity index (χ1n) is 12.7. The molecule has 11 heteroatoms. The van der Waals surface area contributed by atoms with Gasteiger partial charge in [0.1, 0.15) is 6.10 Å². The molecule has 0 aliphatic carbocycles. The smallest absolute Gasteiger partial charge is 0.264 e. The van der Waals surface area contributed by atoms with Crippen molar-refractivity contribution >= 4 is 39.1 Å². The minimum atomic E-state index is -1.75. The van der Waals surface area contributed by atoms with Gasteiger partial charge >= 0.3 is 0 Å². The summed E-state index contributed by atoms with van der Waals surface area (Å²) in [6, 6.07) is 12.4. The number of fused-ring (bicyclic) bond motifs is 1. The number of rotatable bonds is 11. The molecular weight excluding hydrogens is 566 g/mol. The van der Waals surface area contributed by atoms with Crippen molar-refractivity contribution in [1.29, 1.82) is 0 Å². The van der Waals surface area contributed by atoms with E-state index in [0.29, 0.717) is 36.3 Å². The highest BCUT2D eigenvalue weighted by molar-refractivity contribution is 9.10. The molecule has 39 heavy (non-hydrogen) atoms. The molecule has 0 unspecified atom stereocenters. The molecule has 4 N–H and O–H groups in total. The van der Waals surface area contributed by atoms with Crippen LogP contribution in [0.4, 0.5) is 11.4 Å². The summed E-state index contributed by atoms with van der Waals surface area (Å²) in [6.45, 7) is 4.04. The van der Waals surface area contributed by atoms with Crippen LogP contribution in [0.15, 0.2) is 65.3 Å². The lowest BCUT2D eigenvalue weighted by molar-refractivity contribution is -0.139. The Hall–Kier alpha value is -3.38. The van der Waals surface area contributed by atoms with Crippen LogP contribution in [0, 0.1) is 5.92 Å². The highest BCUT2D eigenvalue weighted by Gasteiger charge is 2.52. The fraction of sp³-hybridized carbons (Fsp3) is 0.357. The van der Waals surface area contributed by atoms with Gasteiger partial charge < -0.3 is 25.5 Å². The number of carbonyl (C=O) groups excluding carboxylic acids is 2. The molecule has 2 amide bonds. The molecule has 0 bridgehead atoms. The summed E-state index contributed by atoms with van der Waals surface area (Å²) in [5.41, 5.74) is 1.49. The molecule has 1 aliphatic rings. The first-order chi connectivity index (χ1) is 18.6. The van der Waals surface area contributed by atoms with Crippen LogP contribution in [0.2, 0.25) is 0 Å². The van der Waals surface area contributed by atoms with Gasteiger partial charge in [0.15, 0.2) is 5.60 Å². The second-order valence-corrected chi connectivity index (χ2v) is 10.5. The molecule has 0 saturated heterocycles. The Morgan fingerprint density at radius 1 is 1.21 bits per heavy atom. The molecule has 4 rings (SSSR count). The first-order valence-corrected chi connectivity index (χ1v) is 13.5. The van der Waals surface area contributed by atoms with E-state index in [4.69, 9.17) is 5.11 Å². The van der Waals surface area contributed by atoms with E-state index in [1.165, 1.54) is 6.92 Å². The van der Waals surface area contributed by atoms with E-state index in [1.807, 2.05) is 31.2 Å². The van der Waals surface area contributed by atoms with Crippen LogP contribution in [0.3, 0.4) is 0 Å². The Balaban J connectivity index is 1.49. The minimum absolute atomic E-state index is 0.0187. The summed E-state index contributed by atoms with van der Waals surface area (Å²) in [6.07, 6.45) is 5.52. The lowest BCUT2D eigenvalue weighted by Crippen LogP contribution is -2.44. The summed E-state index contributed by atoms with van der Waals surface area (Å²) in [5, 5.41) is 40.9. The third kappa shape index (κ3) is 6.27. The number of hydrogen-bond acceptors (Lipinski definition) is 7. The van der Waals surface area contributed by atoms with Gasteiger partial charge in [0.25, 0.3) is 11.8 Å². The summed E-state index contributed by atoms with van der Waals surface area (Å²) < 4.78 is 2.46. The molecule has 206 valence electrons. The number of nitrogens with one attached hydrogen (secondary N) is 1. The predicted molar refractivity (Wildman–Crippen MR) is 150 cm³/mol. The SMILES string of the molecule is C[C@H](O)C(=O)Nc1ccc(CN2C(=O)[C@](O)([C@H](C)/C=C/CCn3cc(CCO)nn3)c3cc(Br)ccc32)cc1. The Morgan fingerprint density at radius 3 is 2.64 bits per heavy atom. The van der Waals surface area contributed by atoms with Gasteiger partial charge in [0, 0.05) is 47.4 Å². The normalized spacial score (nSPS) is 18.4. The zero-order valence-electron chi connectivity index (χ0n) is 21.8. The molecule has 3 atom stereocenters. The lowest BCUT2D eigenvalue weighted by Gasteiger charge is -2.27. The number of halogens is 1. The highest BCUT2D eigenvalue weighted by Crippen LogP contribution is 2.46. The molecule has 3 aromatic rings. The maximum atomic E-state index is 13.7. The lowest BCUT2D eigenvalue weighted by atomic mass is 9.83. The van der Waals surface area contributed by atoms with Gasteiger partial charge in [0.05, 0.1) is 17.9 Å². The van der Waals surface area contributed by atoms with Gasteiger partial charge in [-0.05, 0) is 49.2 Å². The zero-order chi connectivity index (χ0) is 28.2. The van der Waals surface area contributed by atoms with Crippen molar-refractivity contribution in [2.75, 3.05) is 16.8 Å². The minimum Gasteiger partial charge on any atom is -0.396 e. The number of nitrogens with zero attached hydrogens (tertiary/aromatic N) is 4. The topological polar surface area (TPSA) is 141 Å². The maximum Gasteiger partial charge on any atom is 0.264 e. The number of carbonyl (C=O) groups is 2. The standard InChI is InChI=1S/C28H32BrN5O5/c1-18(5-3-4-13-33-17-23(12-14-35)31-32-33)28(39)24-15-21(29)8-11-25(24)34(27(28)38)16-20-6-9-22(10-7-20)30-26(37)19(2)36/h3,5-11,15,17-19,35-36,39H,4,12-14,16H2,1-2H3,(H,30,37)/b5-3+/t18-,19+,28+/m1/s1. The van der Waals surface area contributed by atoms with Crippen LogP contribution in [0.5, 0.6) is 0 Å². The van der Waals surface area contributed by atoms with E-state index < -0.39 is 29.4 Å². The number of benzene rings is 2. The van der Waals surface area contributed by atoms with Crippen molar-refractivity contribution in [3.8, 4) is 0 Å². The van der Waals surface area contributed by atoms with Crippen molar-refractivity contribution in [1.82, 2.24) is 15.0 Å². The van der Waals surface area contributed by atoms with E-state index in [9.17, 15) is 19.8 Å². The van der Waals surface area contributed by atoms with Gasteiger partial charge in [-0.2, -0.15) is 0 Å². The monoisotopic (exact) mass is 597 g/mol. The number of hydrogen-bond donors (Lipinski definition) is 4. The quantitative estimate of drug-likeness (QED) is 0.249. The molecule has 2 aromatic carbocycles. The number of aliphatic hydroxyl groups is 3. The van der Waals surface area contributed by atoms with Crippen molar-refractivity contribution in [3.63, 3.8) is 0 Å². The molecule has 0 fully saturated rings. The van der Waals surface area contributed by atoms with Crippen LogP contribution < -0.4 is 10.2 Å². The average molecular weight is 598 g/mol. The fourth-order valence-electron chi connectivity index (χ4n) is 4.52. The Labute approximate surface area is 235 Å². The van der Waals surface area contributed by atoms with Gasteiger partial charge in [0.2, 0.25) is 0 Å². The molecule has 2 heterocycles. The van der Waals surface area contributed by atoms with Crippen molar-refractivity contribution in [2.24, 2.45) is 5.92 Å². The van der Waals surface area contributed by atoms with Crippen LogP contribution in [0.25, 0.3) is 0 Å². The number of aliphatic hydroxyl groups excluding tert-OH is 2. The summed E-state index contributed by atoms with van der Waals surface area (Å²) in [7, 11) is 0. The van der Waals surface area contributed by atoms with E-state index in [0.717, 1.165) is 15.7 Å². The van der Waals surface area contributed by atoms with E-state index in [2.05, 4.69) is 31.6 Å². The highest BCUT2D eigenvalue weighted by atomic mass is 79.9. The summed E-state index contributed by atoms with van der Waals surface area (Å²) >= 11 is 3.47. The van der Waals surface area contributed by atoms with Gasteiger partial charge in [-0.3, -0.25) is 14.3 Å². The predicted octanol–water partition coefficient (Wildman–Crippen LogP) is 2.91. The van der Waals surface area contributed by atoms with E-state index in [1.54, 1.807) is 46.1 Å². The number of aryl methyl sites for hydroxylation is 1. The molecule has 1 aromatic heterocycles. The van der Waals surface area contributed by atoms with Gasteiger partial charge in [-0.15, -0.1) is 5.10 Å². The van der Waals surface area contributed by atoms with Crippen LogP contribution in [-0.2, 0) is 34.7 Å². The third-order valence-electron chi connectivity index (χ3n) is 6.74.